The van der Waals surface area contributed by atoms with Gasteiger partial charge in [0.1, 0.15) is 5.75 Å². The molecule has 1 aromatic carbocycles. The molecule has 0 aliphatic rings. The molecule has 0 saturated heterocycles. The van der Waals surface area contributed by atoms with Crippen molar-refractivity contribution in [3.8, 4) is 17.2 Å². The van der Waals surface area contributed by atoms with E-state index in [9.17, 15) is 5.11 Å². The Hall–Kier alpha value is -0.900. The fourth-order valence-electron chi connectivity index (χ4n) is 0.875. The third-order valence-corrected chi connectivity index (χ3v) is 2.03. The molecule has 4 heteroatoms. The van der Waals surface area contributed by atoms with Crippen molar-refractivity contribution in [1.29, 1.82) is 0 Å². The Balaban J connectivity index is 3.18. The Morgan fingerprint density at radius 2 is 1.92 bits per heavy atom. The second kappa shape index (κ2) is 3.67. The summed E-state index contributed by atoms with van der Waals surface area (Å²) in [6, 6.07) is 3.21. The maximum atomic E-state index is 9.37. The lowest BCUT2D eigenvalue weighted by molar-refractivity contribution is 0.363. The molecular formula is C8H9BrO3. The van der Waals surface area contributed by atoms with Crippen LogP contribution in [0.1, 0.15) is 0 Å². The number of hydrogen-bond donors (Lipinski definition) is 1. The summed E-state index contributed by atoms with van der Waals surface area (Å²) < 4.78 is 10.5. The number of methoxy groups -OCH3 is 2. The smallest absolute Gasteiger partial charge is 0.174 e. The van der Waals surface area contributed by atoms with Crippen LogP contribution < -0.4 is 9.47 Å². The molecule has 0 atom stereocenters. The Morgan fingerprint density at radius 3 is 2.33 bits per heavy atom. The Kier molecular flexibility index (Phi) is 2.81. The average molecular weight is 233 g/mol. The van der Waals surface area contributed by atoms with Crippen LogP contribution in [0.15, 0.2) is 16.6 Å². The van der Waals surface area contributed by atoms with Crippen LogP contribution in [0.5, 0.6) is 17.2 Å². The molecular weight excluding hydrogens is 224 g/mol. The molecule has 0 aliphatic heterocycles. The minimum atomic E-state index is 0.0590. The molecule has 0 aromatic heterocycles. The SMILES string of the molecule is COc1cc(O)c(OC)c(Br)c1. The first kappa shape index (κ1) is 9.19. The topological polar surface area (TPSA) is 38.7 Å². The minimum Gasteiger partial charge on any atom is -0.504 e. The number of aromatic hydroxyl groups is 1. The van der Waals surface area contributed by atoms with Gasteiger partial charge in [-0.3, -0.25) is 0 Å². The summed E-state index contributed by atoms with van der Waals surface area (Å²) in [5.74, 6) is 1.06. The second-order valence-electron chi connectivity index (χ2n) is 2.16. The van der Waals surface area contributed by atoms with Crippen molar-refractivity contribution in [2.45, 2.75) is 0 Å². The van der Waals surface area contributed by atoms with Crippen LogP contribution >= 0.6 is 15.9 Å². The summed E-state index contributed by atoms with van der Waals surface area (Å²) in [4.78, 5) is 0. The number of halogens is 1. The molecule has 1 rings (SSSR count). The van der Waals surface area contributed by atoms with Gasteiger partial charge < -0.3 is 14.6 Å². The Labute approximate surface area is 79.1 Å². The van der Waals surface area contributed by atoms with E-state index in [-0.39, 0.29) is 5.75 Å². The molecule has 0 bridgehead atoms. The van der Waals surface area contributed by atoms with E-state index >= 15 is 0 Å². The van der Waals surface area contributed by atoms with Gasteiger partial charge in [0.25, 0.3) is 0 Å². The van der Waals surface area contributed by atoms with Crippen LogP contribution in [0.25, 0.3) is 0 Å². The third kappa shape index (κ3) is 1.64. The molecule has 1 N–H and O–H groups in total. The first-order chi connectivity index (χ1) is 5.69. The number of hydrogen-bond acceptors (Lipinski definition) is 3. The summed E-state index contributed by atoms with van der Waals surface area (Å²) >= 11 is 3.23. The van der Waals surface area contributed by atoms with Crippen LogP contribution in [-0.4, -0.2) is 19.3 Å². The van der Waals surface area contributed by atoms with Gasteiger partial charge in [-0.25, -0.2) is 0 Å². The van der Waals surface area contributed by atoms with Gasteiger partial charge >= 0.3 is 0 Å². The van der Waals surface area contributed by atoms with Gasteiger partial charge in [0, 0.05) is 6.07 Å². The van der Waals surface area contributed by atoms with E-state index in [0.717, 1.165) is 0 Å². The predicted molar refractivity (Wildman–Crippen MR) is 48.9 cm³/mol. The third-order valence-electron chi connectivity index (χ3n) is 1.44. The van der Waals surface area contributed by atoms with Gasteiger partial charge in [0.05, 0.1) is 18.7 Å². The van der Waals surface area contributed by atoms with Gasteiger partial charge in [-0.05, 0) is 22.0 Å². The number of benzene rings is 1. The zero-order valence-corrected chi connectivity index (χ0v) is 8.38. The van der Waals surface area contributed by atoms with Crippen molar-refractivity contribution in [3.63, 3.8) is 0 Å². The highest BCUT2D eigenvalue weighted by Gasteiger charge is 2.08. The Bertz CT molecular complexity index is 263. The van der Waals surface area contributed by atoms with Crippen molar-refractivity contribution in [2.75, 3.05) is 14.2 Å². The maximum Gasteiger partial charge on any atom is 0.174 e. The van der Waals surface area contributed by atoms with Crippen LogP contribution in [-0.2, 0) is 0 Å². The molecule has 0 fully saturated rings. The summed E-state index contributed by atoms with van der Waals surface area (Å²) in [6.45, 7) is 0. The fraction of sp³-hybridized carbons (Fsp3) is 0.250. The van der Waals surface area contributed by atoms with E-state index in [4.69, 9.17) is 9.47 Å². The zero-order chi connectivity index (χ0) is 9.14. The Morgan fingerprint density at radius 1 is 1.25 bits per heavy atom. The molecule has 12 heavy (non-hydrogen) atoms. The summed E-state index contributed by atoms with van der Waals surface area (Å²) in [5.41, 5.74) is 0. The number of rotatable bonds is 2. The molecule has 1 aromatic rings. The molecule has 0 aliphatic carbocycles. The fourth-order valence-corrected chi connectivity index (χ4v) is 1.47. The highest BCUT2D eigenvalue weighted by molar-refractivity contribution is 9.10. The van der Waals surface area contributed by atoms with Crippen LogP contribution in [0.2, 0.25) is 0 Å². The quantitative estimate of drug-likeness (QED) is 0.850. The largest absolute Gasteiger partial charge is 0.504 e. The predicted octanol–water partition coefficient (Wildman–Crippen LogP) is 2.17. The standard InChI is InChI=1S/C8H9BrO3/c1-11-5-3-6(9)8(12-2)7(10)4-5/h3-4,10H,1-2H3. The first-order valence-corrected chi connectivity index (χ1v) is 4.09. The van der Waals surface area contributed by atoms with E-state index in [1.54, 1.807) is 6.07 Å². The molecule has 0 saturated carbocycles. The summed E-state index contributed by atoms with van der Waals surface area (Å²) in [7, 11) is 3.03. The van der Waals surface area contributed by atoms with Crippen molar-refractivity contribution in [1.82, 2.24) is 0 Å². The van der Waals surface area contributed by atoms with Crippen molar-refractivity contribution < 1.29 is 14.6 Å². The second-order valence-corrected chi connectivity index (χ2v) is 3.02. The van der Waals surface area contributed by atoms with Gasteiger partial charge in [-0.15, -0.1) is 0 Å². The maximum absolute atomic E-state index is 9.37. The highest BCUT2D eigenvalue weighted by atomic mass is 79.9. The monoisotopic (exact) mass is 232 g/mol. The summed E-state index contributed by atoms with van der Waals surface area (Å²) in [6.07, 6.45) is 0. The number of ether oxygens (including phenoxy) is 2. The van der Waals surface area contributed by atoms with Gasteiger partial charge in [0.2, 0.25) is 0 Å². The number of phenolic OH excluding ortho intramolecular Hbond substituents is 1. The van der Waals surface area contributed by atoms with Crippen LogP contribution in [0.3, 0.4) is 0 Å². The lowest BCUT2D eigenvalue weighted by Crippen LogP contribution is -1.88. The normalized spacial score (nSPS) is 9.58. The van der Waals surface area contributed by atoms with E-state index < -0.39 is 0 Å². The first-order valence-electron chi connectivity index (χ1n) is 3.29. The van der Waals surface area contributed by atoms with Crippen molar-refractivity contribution in [3.05, 3.63) is 16.6 Å². The lowest BCUT2D eigenvalue weighted by atomic mass is 10.3. The highest BCUT2D eigenvalue weighted by Crippen LogP contribution is 2.37. The van der Waals surface area contributed by atoms with Gasteiger partial charge in [-0.1, -0.05) is 0 Å². The molecule has 0 amide bonds. The molecule has 3 nitrogen and oxygen atoms in total. The lowest BCUT2D eigenvalue weighted by Gasteiger charge is -2.07. The van der Waals surface area contributed by atoms with Crippen molar-refractivity contribution >= 4 is 15.9 Å². The van der Waals surface area contributed by atoms with Crippen LogP contribution in [0, 0.1) is 0 Å². The molecule has 0 spiro atoms. The van der Waals surface area contributed by atoms with E-state index in [0.29, 0.717) is 16.0 Å². The molecule has 0 radical (unpaired) electrons. The minimum absolute atomic E-state index is 0.0590. The van der Waals surface area contributed by atoms with E-state index in [2.05, 4.69) is 15.9 Å². The molecule has 66 valence electrons. The molecule has 0 unspecified atom stereocenters. The van der Waals surface area contributed by atoms with E-state index in [1.165, 1.54) is 20.3 Å². The van der Waals surface area contributed by atoms with Gasteiger partial charge in [-0.2, -0.15) is 0 Å². The zero-order valence-electron chi connectivity index (χ0n) is 6.80. The average Bonchev–Trinajstić information content (AvgIpc) is 2.03. The van der Waals surface area contributed by atoms with Crippen molar-refractivity contribution in [2.24, 2.45) is 0 Å². The van der Waals surface area contributed by atoms with E-state index in [1.807, 2.05) is 0 Å². The molecule has 0 heterocycles. The van der Waals surface area contributed by atoms with Gasteiger partial charge in [0.15, 0.2) is 11.5 Å². The summed E-state index contributed by atoms with van der Waals surface area (Å²) in [5, 5.41) is 9.37. The number of phenols is 1. The van der Waals surface area contributed by atoms with Crippen LogP contribution in [0.4, 0.5) is 0 Å².